The zero-order valence-corrected chi connectivity index (χ0v) is 5.92. The molecule has 0 saturated carbocycles. The number of hydrogen-bond donors (Lipinski definition) is 2. The summed E-state index contributed by atoms with van der Waals surface area (Å²) in [7, 11) is 0. The van der Waals surface area contributed by atoms with E-state index in [2.05, 4.69) is 5.32 Å². The predicted molar refractivity (Wildman–Crippen MR) is 38.1 cm³/mol. The second kappa shape index (κ2) is 4.83. The first-order valence-corrected chi connectivity index (χ1v) is 3.08. The van der Waals surface area contributed by atoms with Crippen molar-refractivity contribution in [2.24, 2.45) is 0 Å². The average molecular weight is 141 g/mol. The van der Waals surface area contributed by atoms with Crippen molar-refractivity contribution in [3.8, 4) is 12.3 Å². The standard InChI is InChI=1S/C7H11NO2/c1-3-7(10)8-6(2)4-5-9/h1,6,9H,4-5H2,2H3,(H,8,10)/t6-/m0/s1. The SMILES string of the molecule is C#CC(=O)N[C@@H](C)CCO. The monoisotopic (exact) mass is 141 g/mol. The molecule has 0 aliphatic carbocycles. The van der Waals surface area contributed by atoms with E-state index >= 15 is 0 Å². The molecule has 0 aliphatic rings. The number of aliphatic hydroxyl groups is 1. The number of nitrogens with one attached hydrogen (secondary N) is 1. The minimum atomic E-state index is -0.430. The molecule has 0 bridgehead atoms. The Kier molecular flexibility index (Phi) is 4.34. The number of rotatable bonds is 3. The lowest BCUT2D eigenvalue weighted by atomic mass is 10.2. The maximum atomic E-state index is 10.5. The molecule has 0 aromatic heterocycles. The molecule has 0 heterocycles. The van der Waals surface area contributed by atoms with Crippen LogP contribution in [0.5, 0.6) is 0 Å². The second-order valence-corrected chi connectivity index (χ2v) is 2.03. The van der Waals surface area contributed by atoms with E-state index in [4.69, 9.17) is 11.5 Å². The smallest absolute Gasteiger partial charge is 0.295 e. The minimum Gasteiger partial charge on any atom is -0.396 e. The Morgan fingerprint density at radius 1 is 1.90 bits per heavy atom. The molecule has 10 heavy (non-hydrogen) atoms. The van der Waals surface area contributed by atoms with E-state index < -0.39 is 5.91 Å². The number of hydrogen-bond acceptors (Lipinski definition) is 2. The zero-order chi connectivity index (χ0) is 7.98. The summed E-state index contributed by atoms with van der Waals surface area (Å²) in [5.41, 5.74) is 0. The molecule has 0 rings (SSSR count). The van der Waals surface area contributed by atoms with Crippen molar-refractivity contribution < 1.29 is 9.90 Å². The molecular weight excluding hydrogens is 130 g/mol. The molecule has 56 valence electrons. The fourth-order valence-electron chi connectivity index (χ4n) is 0.531. The van der Waals surface area contributed by atoms with Crippen molar-refractivity contribution in [1.29, 1.82) is 0 Å². The quantitative estimate of drug-likeness (QED) is 0.521. The lowest BCUT2D eigenvalue weighted by Crippen LogP contribution is -2.31. The topological polar surface area (TPSA) is 49.3 Å². The van der Waals surface area contributed by atoms with Crippen molar-refractivity contribution in [3.63, 3.8) is 0 Å². The third kappa shape index (κ3) is 3.93. The van der Waals surface area contributed by atoms with Crippen LogP contribution in [-0.2, 0) is 4.79 Å². The van der Waals surface area contributed by atoms with Gasteiger partial charge in [0.15, 0.2) is 0 Å². The van der Waals surface area contributed by atoms with E-state index in [9.17, 15) is 4.79 Å². The van der Waals surface area contributed by atoms with Crippen LogP contribution < -0.4 is 5.32 Å². The van der Waals surface area contributed by atoms with E-state index in [0.29, 0.717) is 6.42 Å². The van der Waals surface area contributed by atoms with Crippen molar-refractivity contribution in [1.82, 2.24) is 5.32 Å². The van der Waals surface area contributed by atoms with Gasteiger partial charge in [0.2, 0.25) is 0 Å². The van der Waals surface area contributed by atoms with Gasteiger partial charge in [0.05, 0.1) is 0 Å². The third-order valence-corrected chi connectivity index (χ3v) is 1.07. The molecule has 1 amide bonds. The fourth-order valence-corrected chi connectivity index (χ4v) is 0.531. The van der Waals surface area contributed by atoms with Gasteiger partial charge in [0.25, 0.3) is 5.91 Å². The highest BCUT2D eigenvalue weighted by atomic mass is 16.3. The van der Waals surface area contributed by atoms with Crippen LogP contribution in [0.25, 0.3) is 0 Å². The molecule has 0 radical (unpaired) electrons. The Labute approximate surface area is 60.4 Å². The molecule has 1 atom stereocenters. The third-order valence-electron chi connectivity index (χ3n) is 1.07. The van der Waals surface area contributed by atoms with Gasteiger partial charge in [-0.05, 0) is 19.3 Å². The first-order chi connectivity index (χ1) is 4.70. The number of terminal acetylenes is 1. The van der Waals surface area contributed by atoms with Gasteiger partial charge in [-0.1, -0.05) is 0 Å². The van der Waals surface area contributed by atoms with Crippen LogP contribution in [0.4, 0.5) is 0 Å². The van der Waals surface area contributed by atoms with Crippen LogP contribution in [0.1, 0.15) is 13.3 Å². The van der Waals surface area contributed by atoms with Crippen LogP contribution in [0, 0.1) is 12.3 Å². The summed E-state index contributed by atoms with van der Waals surface area (Å²) in [4.78, 5) is 10.5. The molecule has 0 saturated heterocycles. The molecule has 0 fully saturated rings. The Bertz CT molecular complexity index is 148. The largest absolute Gasteiger partial charge is 0.396 e. The summed E-state index contributed by atoms with van der Waals surface area (Å²) in [5.74, 6) is 1.49. The summed E-state index contributed by atoms with van der Waals surface area (Å²) in [6, 6.07) is -0.0476. The number of amides is 1. The molecule has 0 aromatic carbocycles. The first-order valence-electron chi connectivity index (χ1n) is 3.08. The highest BCUT2D eigenvalue weighted by molar-refractivity contribution is 5.92. The Morgan fingerprint density at radius 3 is 2.90 bits per heavy atom. The minimum absolute atomic E-state index is 0.0476. The first kappa shape index (κ1) is 8.99. The number of carbonyl (C=O) groups is 1. The van der Waals surface area contributed by atoms with Crippen LogP contribution in [0.3, 0.4) is 0 Å². The molecule has 3 heteroatoms. The Morgan fingerprint density at radius 2 is 2.50 bits per heavy atom. The molecule has 0 unspecified atom stereocenters. The second-order valence-electron chi connectivity index (χ2n) is 2.03. The van der Waals surface area contributed by atoms with Gasteiger partial charge in [-0.25, -0.2) is 0 Å². The molecule has 0 aromatic rings. The summed E-state index contributed by atoms with van der Waals surface area (Å²) in [6.45, 7) is 1.84. The lowest BCUT2D eigenvalue weighted by Gasteiger charge is -2.08. The maximum absolute atomic E-state index is 10.5. The zero-order valence-electron chi connectivity index (χ0n) is 5.92. The van der Waals surface area contributed by atoms with Crippen molar-refractivity contribution in [2.75, 3.05) is 6.61 Å². The van der Waals surface area contributed by atoms with Gasteiger partial charge in [-0.3, -0.25) is 4.79 Å². The van der Waals surface area contributed by atoms with Gasteiger partial charge in [-0.2, -0.15) is 0 Å². The van der Waals surface area contributed by atoms with E-state index in [1.54, 1.807) is 6.92 Å². The fraction of sp³-hybridized carbons (Fsp3) is 0.571. The summed E-state index contributed by atoms with van der Waals surface area (Å²) in [5, 5.41) is 10.9. The van der Waals surface area contributed by atoms with Gasteiger partial charge >= 0.3 is 0 Å². The summed E-state index contributed by atoms with van der Waals surface area (Å²) >= 11 is 0. The molecule has 2 N–H and O–H groups in total. The lowest BCUT2D eigenvalue weighted by molar-refractivity contribution is -0.116. The van der Waals surface area contributed by atoms with Gasteiger partial charge in [0.1, 0.15) is 0 Å². The van der Waals surface area contributed by atoms with Crippen LogP contribution in [0.2, 0.25) is 0 Å². The summed E-state index contributed by atoms with van der Waals surface area (Å²) < 4.78 is 0. The van der Waals surface area contributed by atoms with Crippen molar-refractivity contribution >= 4 is 5.91 Å². The summed E-state index contributed by atoms with van der Waals surface area (Å²) in [6.07, 6.45) is 5.33. The van der Waals surface area contributed by atoms with Gasteiger partial charge in [0, 0.05) is 12.6 Å². The van der Waals surface area contributed by atoms with Crippen molar-refractivity contribution in [3.05, 3.63) is 0 Å². The molecule has 0 spiro atoms. The highest BCUT2D eigenvalue weighted by Gasteiger charge is 2.01. The van der Waals surface area contributed by atoms with Gasteiger partial charge < -0.3 is 10.4 Å². The predicted octanol–water partition coefficient (Wildman–Crippen LogP) is -0.493. The molecule has 0 aliphatic heterocycles. The average Bonchev–Trinajstić information content (AvgIpc) is 1.88. The van der Waals surface area contributed by atoms with E-state index in [1.807, 2.05) is 5.92 Å². The molecular formula is C7H11NO2. The maximum Gasteiger partial charge on any atom is 0.295 e. The van der Waals surface area contributed by atoms with E-state index in [1.165, 1.54) is 0 Å². The molecule has 3 nitrogen and oxygen atoms in total. The van der Waals surface area contributed by atoms with Gasteiger partial charge in [-0.15, -0.1) is 6.42 Å². The van der Waals surface area contributed by atoms with Crippen LogP contribution in [-0.4, -0.2) is 23.7 Å². The Balaban J connectivity index is 3.49. The van der Waals surface area contributed by atoms with Crippen LogP contribution >= 0.6 is 0 Å². The van der Waals surface area contributed by atoms with Crippen LogP contribution in [0.15, 0.2) is 0 Å². The van der Waals surface area contributed by atoms with E-state index in [0.717, 1.165) is 0 Å². The normalized spacial score (nSPS) is 11.7. The van der Waals surface area contributed by atoms with Crippen molar-refractivity contribution in [2.45, 2.75) is 19.4 Å². The highest BCUT2D eigenvalue weighted by Crippen LogP contribution is 1.86. The number of carbonyl (C=O) groups excluding carboxylic acids is 1. The number of aliphatic hydroxyl groups excluding tert-OH is 1. The Hall–Kier alpha value is -1.01. The van der Waals surface area contributed by atoms with E-state index in [-0.39, 0.29) is 12.6 Å².